The van der Waals surface area contributed by atoms with Crippen LogP contribution in [0.1, 0.15) is 70.8 Å². The fraction of sp³-hybridized carbons (Fsp3) is 0.522. The highest BCUT2D eigenvalue weighted by Gasteiger charge is 2.33. The molecule has 0 atom stereocenters. The molecule has 0 fully saturated rings. The molecular formula is C23H26N2O5S2. The molecule has 0 spiro atoms. The number of nitriles is 1. The van der Waals surface area contributed by atoms with Crippen LogP contribution in [0.5, 0.6) is 0 Å². The molecule has 0 radical (unpaired) electrons. The van der Waals surface area contributed by atoms with Crippen molar-refractivity contribution in [2.75, 3.05) is 5.75 Å². The van der Waals surface area contributed by atoms with E-state index < -0.39 is 33.6 Å². The first-order valence-corrected chi connectivity index (χ1v) is 13.2. The molecule has 0 amide bonds. The minimum atomic E-state index is -4.02. The number of aromatic nitrogens is 1. The Morgan fingerprint density at radius 1 is 1.12 bits per heavy atom. The molecule has 2 aliphatic carbocycles. The van der Waals surface area contributed by atoms with Crippen molar-refractivity contribution in [3.8, 4) is 6.07 Å². The van der Waals surface area contributed by atoms with Crippen molar-refractivity contribution in [3.63, 3.8) is 0 Å². The lowest BCUT2D eigenvalue weighted by molar-refractivity contribution is -0.116. The van der Waals surface area contributed by atoms with E-state index in [1.54, 1.807) is 0 Å². The summed E-state index contributed by atoms with van der Waals surface area (Å²) in [5, 5.41) is 29.6. The fourth-order valence-electron chi connectivity index (χ4n) is 4.89. The standard InChI is InChI=1S/C23H26N2O5S2/c1-23(2,28)22-25-20(11-26)21(31-22)32(29,30)12-13(27)9-18-14-5-3-7-16(14)19(10-24)17-8-4-6-15(17)18/h26,28H,3-9,11-12H2,1-2H3. The third-order valence-electron chi connectivity index (χ3n) is 6.22. The lowest BCUT2D eigenvalue weighted by Gasteiger charge is -2.16. The van der Waals surface area contributed by atoms with Crippen LogP contribution in [0.4, 0.5) is 0 Å². The van der Waals surface area contributed by atoms with Gasteiger partial charge in [-0.2, -0.15) is 5.26 Å². The predicted octanol–water partition coefficient (Wildman–Crippen LogP) is 2.30. The fourth-order valence-corrected chi connectivity index (χ4v) is 7.74. The summed E-state index contributed by atoms with van der Waals surface area (Å²) in [6.45, 7) is 2.38. The molecule has 32 heavy (non-hydrogen) atoms. The van der Waals surface area contributed by atoms with Crippen molar-refractivity contribution in [3.05, 3.63) is 44.1 Å². The third-order valence-corrected chi connectivity index (χ3v) is 9.94. The molecule has 2 N–H and O–H groups in total. The van der Waals surface area contributed by atoms with Gasteiger partial charge in [0, 0.05) is 6.42 Å². The zero-order chi connectivity index (χ0) is 23.3. The summed E-state index contributed by atoms with van der Waals surface area (Å²) >= 11 is 0.794. The molecule has 170 valence electrons. The van der Waals surface area contributed by atoms with E-state index in [0.29, 0.717) is 0 Å². The summed E-state index contributed by atoms with van der Waals surface area (Å²) in [4.78, 5) is 17.1. The zero-order valence-electron chi connectivity index (χ0n) is 18.2. The van der Waals surface area contributed by atoms with Crippen LogP contribution in [0, 0.1) is 11.3 Å². The quantitative estimate of drug-likeness (QED) is 0.630. The number of aliphatic hydroxyl groups is 2. The Labute approximate surface area is 191 Å². The molecule has 0 aliphatic heterocycles. The number of Topliss-reactive ketones (excluding diaryl/α,β-unsaturated/α-hetero) is 1. The predicted molar refractivity (Wildman–Crippen MR) is 119 cm³/mol. The number of sulfone groups is 1. The van der Waals surface area contributed by atoms with Crippen LogP contribution >= 0.6 is 11.3 Å². The first-order valence-electron chi connectivity index (χ1n) is 10.7. The van der Waals surface area contributed by atoms with Crippen LogP contribution in [0.25, 0.3) is 0 Å². The largest absolute Gasteiger partial charge is 0.390 e. The lowest BCUT2D eigenvalue weighted by atomic mass is 9.87. The summed E-state index contributed by atoms with van der Waals surface area (Å²) in [6.07, 6.45) is 5.17. The molecule has 9 heteroatoms. The van der Waals surface area contributed by atoms with Gasteiger partial charge in [-0.15, -0.1) is 11.3 Å². The Bertz CT molecular complexity index is 1210. The van der Waals surface area contributed by atoms with E-state index in [0.717, 1.165) is 83.2 Å². The second kappa shape index (κ2) is 8.34. The van der Waals surface area contributed by atoms with Crippen LogP contribution < -0.4 is 0 Å². The average Bonchev–Trinajstić information content (AvgIpc) is 3.45. The highest BCUT2D eigenvalue weighted by molar-refractivity contribution is 7.94. The van der Waals surface area contributed by atoms with E-state index in [9.17, 15) is 28.7 Å². The normalized spacial score (nSPS) is 15.5. The van der Waals surface area contributed by atoms with Crippen LogP contribution in [0.15, 0.2) is 4.21 Å². The van der Waals surface area contributed by atoms with E-state index in [1.165, 1.54) is 13.8 Å². The second-order valence-electron chi connectivity index (χ2n) is 9.03. The van der Waals surface area contributed by atoms with Gasteiger partial charge in [0.1, 0.15) is 20.6 Å². The number of fused-ring (bicyclic) bond motifs is 2. The summed E-state index contributed by atoms with van der Waals surface area (Å²) in [5.74, 6) is -1.10. The molecule has 7 nitrogen and oxygen atoms in total. The van der Waals surface area contributed by atoms with Crippen molar-refractivity contribution in [2.24, 2.45) is 0 Å². The number of carbonyl (C=O) groups is 1. The van der Waals surface area contributed by atoms with Gasteiger partial charge in [0.15, 0.2) is 15.6 Å². The molecule has 0 saturated carbocycles. The molecule has 4 rings (SSSR count). The number of ketones is 1. The Morgan fingerprint density at radius 3 is 2.19 bits per heavy atom. The molecule has 2 aliphatic rings. The summed E-state index contributed by atoms with van der Waals surface area (Å²) in [6, 6.07) is 2.36. The van der Waals surface area contributed by atoms with Crippen LogP contribution in [-0.2, 0) is 58.9 Å². The number of thiazole rings is 1. The van der Waals surface area contributed by atoms with E-state index in [1.807, 2.05) is 0 Å². The molecule has 1 aromatic heterocycles. The Balaban J connectivity index is 1.65. The zero-order valence-corrected chi connectivity index (χ0v) is 19.8. The molecule has 2 aromatic rings. The Hall–Kier alpha value is -2.12. The Morgan fingerprint density at radius 2 is 1.69 bits per heavy atom. The molecule has 0 bridgehead atoms. The monoisotopic (exact) mass is 474 g/mol. The molecule has 0 unspecified atom stereocenters. The van der Waals surface area contributed by atoms with Gasteiger partial charge in [-0.25, -0.2) is 13.4 Å². The first kappa shape index (κ1) is 23.1. The maximum atomic E-state index is 13.0. The molecular weight excluding hydrogens is 448 g/mol. The number of carbonyl (C=O) groups excluding carboxylic acids is 1. The molecule has 1 heterocycles. The highest BCUT2D eigenvalue weighted by Crippen LogP contribution is 2.39. The third kappa shape index (κ3) is 4.01. The molecule has 0 saturated heterocycles. The van der Waals surface area contributed by atoms with Crippen molar-refractivity contribution < 1.29 is 23.4 Å². The first-order chi connectivity index (χ1) is 15.1. The van der Waals surface area contributed by atoms with Crippen LogP contribution in [-0.4, -0.2) is 35.2 Å². The number of aliphatic hydroxyl groups excluding tert-OH is 1. The van der Waals surface area contributed by atoms with Gasteiger partial charge in [0.2, 0.25) is 0 Å². The van der Waals surface area contributed by atoms with E-state index in [2.05, 4.69) is 11.1 Å². The summed E-state index contributed by atoms with van der Waals surface area (Å²) in [7, 11) is -4.02. The van der Waals surface area contributed by atoms with Gasteiger partial charge in [-0.1, -0.05) is 0 Å². The van der Waals surface area contributed by atoms with Crippen LogP contribution in [0.2, 0.25) is 0 Å². The van der Waals surface area contributed by atoms with E-state index >= 15 is 0 Å². The van der Waals surface area contributed by atoms with Gasteiger partial charge >= 0.3 is 0 Å². The average molecular weight is 475 g/mol. The number of rotatable bonds is 7. The van der Waals surface area contributed by atoms with Gasteiger partial charge in [0.05, 0.1) is 23.9 Å². The van der Waals surface area contributed by atoms with E-state index in [4.69, 9.17) is 0 Å². The van der Waals surface area contributed by atoms with E-state index in [-0.39, 0.29) is 21.3 Å². The number of benzene rings is 1. The van der Waals surface area contributed by atoms with Gasteiger partial charge in [-0.3, -0.25) is 4.79 Å². The summed E-state index contributed by atoms with van der Waals surface area (Å²) in [5.41, 5.74) is 4.50. The van der Waals surface area contributed by atoms with Gasteiger partial charge < -0.3 is 10.2 Å². The van der Waals surface area contributed by atoms with Crippen LogP contribution in [0.3, 0.4) is 0 Å². The van der Waals surface area contributed by atoms with Gasteiger partial charge in [0.25, 0.3) is 0 Å². The number of nitrogens with zero attached hydrogens (tertiary/aromatic N) is 2. The topological polar surface area (TPSA) is 128 Å². The Kier molecular flexibility index (Phi) is 6.01. The SMILES string of the molecule is CC(C)(O)c1nc(CO)c(S(=O)(=O)CC(=O)Cc2c3c(c(C#N)c4c2CCC4)CCC3)s1. The minimum absolute atomic E-state index is 0.0290. The highest BCUT2D eigenvalue weighted by atomic mass is 32.2. The minimum Gasteiger partial charge on any atom is -0.390 e. The van der Waals surface area contributed by atoms with Crippen molar-refractivity contribution >= 4 is 27.0 Å². The van der Waals surface area contributed by atoms with Crippen molar-refractivity contribution in [2.45, 2.75) is 75.2 Å². The maximum absolute atomic E-state index is 13.0. The number of hydrogen-bond acceptors (Lipinski definition) is 8. The van der Waals surface area contributed by atoms with Crippen molar-refractivity contribution in [1.29, 1.82) is 5.26 Å². The van der Waals surface area contributed by atoms with Gasteiger partial charge in [-0.05, 0) is 80.2 Å². The number of hydrogen-bond donors (Lipinski definition) is 2. The lowest BCUT2D eigenvalue weighted by Crippen LogP contribution is -2.20. The van der Waals surface area contributed by atoms with Crippen molar-refractivity contribution in [1.82, 2.24) is 4.98 Å². The second-order valence-corrected chi connectivity index (χ2v) is 12.2. The maximum Gasteiger partial charge on any atom is 0.196 e. The smallest absolute Gasteiger partial charge is 0.196 e. The molecule has 1 aromatic carbocycles. The summed E-state index contributed by atoms with van der Waals surface area (Å²) < 4.78 is 25.9.